The minimum absolute atomic E-state index is 0.0194. The van der Waals surface area contributed by atoms with Crippen molar-refractivity contribution in [3.63, 3.8) is 0 Å². The number of carbonyl (C=O) groups excluding carboxylic acids is 2. The van der Waals surface area contributed by atoms with Crippen molar-refractivity contribution >= 4 is 17.5 Å². The van der Waals surface area contributed by atoms with Gasteiger partial charge in [0.1, 0.15) is 5.75 Å². The number of ether oxygens (including phenoxy) is 1. The monoisotopic (exact) mass is 324 g/mol. The lowest BCUT2D eigenvalue weighted by Gasteiger charge is -2.17. The van der Waals surface area contributed by atoms with E-state index in [4.69, 9.17) is 4.74 Å². The molecule has 1 heterocycles. The molecule has 1 saturated heterocycles. The summed E-state index contributed by atoms with van der Waals surface area (Å²) in [5.41, 5.74) is 1.99. The van der Waals surface area contributed by atoms with Crippen molar-refractivity contribution in [3.05, 3.63) is 60.2 Å². The van der Waals surface area contributed by atoms with Gasteiger partial charge in [0.2, 0.25) is 5.91 Å². The Morgan fingerprint density at radius 2 is 1.88 bits per heavy atom. The van der Waals surface area contributed by atoms with Crippen molar-refractivity contribution in [1.29, 1.82) is 0 Å². The highest BCUT2D eigenvalue weighted by Crippen LogP contribution is 2.21. The summed E-state index contributed by atoms with van der Waals surface area (Å²) in [5.74, 6) is 0.457. The molecule has 0 radical (unpaired) electrons. The summed E-state index contributed by atoms with van der Waals surface area (Å²) in [4.78, 5) is 25.8. The predicted molar refractivity (Wildman–Crippen MR) is 92.0 cm³/mol. The standard InChI is InChI=1S/C19H20N2O3/c1-14-7-9-17(10-8-14)24-13-18(22)20-15-11-19(23)21(12-15)16-5-3-2-4-6-16/h2-10,15H,11-13H2,1H3,(H,20,22)/t15-/m1/s1. The summed E-state index contributed by atoms with van der Waals surface area (Å²) < 4.78 is 5.46. The molecule has 2 aromatic rings. The zero-order valence-corrected chi connectivity index (χ0v) is 13.6. The maximum Gasteiger partial charge on any atom is 0.258 e. The van der Waals surface area contributed by atoms with Gasteiger partial charge < -0.3 is 15.0 Å². The molecule has 0 spiro atoms. The number of anilines is 1. The lowest BCUT2D eigenvalue weighted by atomic mass is 10.2. The number of hydrogen-bond acceptors (Lipinski definition) is 3. The Hall–Kier alpha value is -2.82. The van der Waals surface area contributed by atoms with E-state index in [1.807, 2.05) is 61.5 Å². The number of benzene rings is 2. The molecule has 1 fully saturated rings. The molecular weight excluding hydrogens is 304 g/mol. The van der Waals surface area contributed by atoms with Crippen molar-refractivity contribution in [3.8, 4) is 5.75 Å². The molecule has 0 bridgehead atoms. The van der Waals surface area contributed by atoms with Gasteiger partial charge >= 0.3 is 0 Å². The van der Waals surface area contributed by atoms with Gasteiger partial charge in [0.15, 0.2) is 6.61 Å². The van der Waals surface area contributed by atoms with Crippen LogP contribution >= 0.6 is 0 Å². The zero-order valence-electron chi connectivity index (χ0n) is 13.6. The maximum absolute atomic E-state index is 12.1. The second kappa shape index (κ2) is 7.17. The van der Waals surface area contributed by atoms with Gasteiger partial charge in [0.05, 0.1) is 6.04 Å². The topological polar surface area (TPSA) is 58.6 Å². The normalized spacial score (nSPS) is 17.0. The van der Waals surface area contributed by atoms with E-state index in [0.29, 0.717) is 18.7 Å². The molecule has 24 heavy (non-hydrogen) atoms. The summed E-state index contributed by atoms with van der Waals surface area (Å²) in [6.07, 6.45) is 0.311. The molecule has 1 atom stereocenters. The first-order valence-corrected chi connectivity index (χ1v) is 7.96. The van der Waals surface area contributed by atoms with E-state index in [1.54, 1.807) is 4.90 Å². The first-order valence-electron chi connectivity index (χ1n) is 7.96. The molecule has 3 rings (SSSR count). The van der Waals surface area contributed by atoms with Gasteiger partial charge in [-0.15, -0.1) is 0 Å². The average molecular weight is 324 g/mol. The van der Waals surface area contributed by atoms with Crippen molar-refractivity contribution in [1.82, 2.24) is 5.32 Å². The lowest BCUT2D eigenvalue weighted by Crippen LogP contribution is -2.39. The van der Waals surface area contributed by atoms with Gasteiger partial charge in [0.25, 0.3) is 5.91 Å². The second-order valence-electron chi connectivity index (χ2n) is 5.91. The quantitative estimate of drug-likeness (QED) is 0.918. The van der Waals surface area contributed by atoms with Crippen LogP contribution in [0.15, 0.2) is 54.6 Å². The fourth-order valence-corrected chi connectivity index (χ4v) is 2.71. The number of rotatable bonds is 5. The summed E-state index contributed by atoms with van der Waals surface area (Å²) in [6.45, 7) is 2.42. The second-order valence-corrected chi connectivity index (χ2v) is 5.91. The third kappa shape index (κ3) is 3.93. The molecule has 5 heteroatoms. The van der Waals surface area contributed by atoms with Crippen molar-refractivity contribution < 1.29 is 14.3 Å². The van der Waals surface area contributed by atoms with Crippen LogP contribution in [0, 0.1) is 6.92 Å². The molecular formula is C19H20N2O3. The van der Waals surface area contributed by atoms with E-state index >= 15 is 0 Å². The van der Waals surface area contributed by atoms with Gasteiger partial charge in [0, 0.05) is 18.7 Å². The van der Waals surface area contributed by atoms with E-state index in [0.717, 1.165) is 11.3 Å². The van der Waals surface area contributed by atoms with E-state index in [2.05, 4.69) is 5.32 Å². The fraction of sp³-hybridized carbons (Fsp3) is 0.263. The smallest absolute Gasteiger partial charge is 0.258 e. The predicted octanol–water partition coefficient (Wildman–Crippen LogP) is 2.30. The molecule has 1 aliphatic rings. The van der Waals surface area contributed by atoms with E-state index in [-0.39, 0.29) is 24.5 Å². The first-order chi connectivity index (χ1) is 11.6. The van der Waals surface area contributed by atoms with Crippen LogP contribution in [0.1, 0.15) is 12.0 Å². The molecule has 1 aliphatic heterocycles. The van der Waals surface area contributed by atoms with Crippen LogP contribution in [0.5, 0.6) is 5.75 Å². The summed E-state index contributed by atoms with van der Waals surface area (Å²) in [7, 11) is 0. The number of hydrogen-bond donors (Lipinski definition) is 1. The number of nitrogens with zero attached hydrogens (tertiary/aromatic N) is 1. The number of nitrogens with one attached hydrogen (secondary N) is 1. The van der Waals surface area contributed by atoms with E-state index in [9.17, 15) is 9.59 Å². The molecule has 124 valence electrons. The number of aryl methyl sites for hydroxylation is 1. The Morgan fingerprint density at radius 3 is 2.58 bits per heavy atom. The van der Waals surface area contributed by atoms with Crippen LogP contribution < -0.4 is 15.0 Å². The molecule has 5 nitrogen and oxygen atoms in total. The molecule has 0 unspecified atom stereocenters. The van der Waals surface area contributed by atoms with E-state index < -0.39 is 0 Å². The van der Waals surface area contributed by atoms with Gasteiger partial charge in [-0.05, 0) is 31.2 Å². The van der Waals surface area contributed by atoms with Crippen molar-refractivity contribution in [2.24, 2.45) is 0 Å². The molecule has 0 aliphatic carbocycles. The Morgan fingerprint density at radius 1 is 1.17 bits per heavy atom. The van der Waals surface area contributed by atoms with Gasteiger partial charge in [-0.25, -0.2) is 0 Å². The minimum atomic E-state index is -0.219. The first kappa shape index (κ1) is 16.1. The number of para-hydroxylation sites is 1. The number of amides is 2. The molecule has 1 N–H and O–H groups in total. The minimum Gasteiger partial charge on any atom is -0.484 e. The van der Waals surface area contributed by atoms with Gasteiger partial charge in [-0.2, -0.15) is 0 Å². The summed E-state index contributed by atoms with van der Waals surface area (Å²) >= 11 is 0. The summed E-state index contributed by atoms with van der Waals surface area (Å²) in [5, 5.41) is 2.86. The Kier molecular flexibility index (Phi) is 4.79. The zero-order chi connectivity index (χ0) is 16.9. The van der Waals surface area contributed by atoms with Gasteiger partial charge in [-0.1, -0.05) is 35.9 Å². The van der Waals surface area contributed by atoms with Crippen LogP contribution in [0.25, 0.3) is 0 Å². The van der Waals surface area contributed by atoms with Crippen molar-refractivity contribution in [2.45, 2.75) is 19.4 Å². The maximum atomic E-state index is 12.1. The highest BCUT2D eigenvalue weighted by Gasteiger charge is 2.31. The Labute approximate surface area is 141 Å². The molecule has 2 amide bonds. The van der Waals surface area contributed by atoms with E-state index in [1.165, 1.54) is 0 Å². The molecule has 0 saturated carbocycles. The largest absolute Gasteiger partial charge is 0.484 e. The molecule has 2 aromatic carbocycles. The van der Waals surface area contributed by atoms with Crippen molar-refractivity contribution in [2.75, 3.05) is 18.1 Å². The fourth-order valence-electron chi connectivity index (χ4n) is 2.71. The Balaban J connectivity index is 1.50. The molecule has 0 aromatic heterocycles. The third-order valence-corrected chi connectivity index (χ3v) is 3.95. The van der Waals surface area contributed by atoms with Gasteiger partial charge in [-0.3, -0.25) is 9.59 Å². The summed E-state index contributed by atoms with van der Waals surface area (Å²) in [6, 6.07) is 16.8. The third-order valence-electron chi connectivity index (χ3n) is 3.95. The highest BCUT2D eigenvalue weighted by molar-refractivity contribution is 5.96. The average Bonchev–Trinajstić information content (AvgIpc) is 2.95. The highest BCUT2D eigenvalue weighted by atomic mass is 16.5. The Bertz CT molecular complexity index is 713. The SMILES string of the molecule is Cc1ccc(OCC(=O)N[C@@H]2CC(=O)N(c3ccccc3)C2)cc1. The lowest BCUT2D eigenvalue weighted by molar-refractivity contribution is -0.123. The van der Waals surface area contributed by atoms with Crippen LogP contribution in [-0.2, 0) is 9.59 Å². The van der Waals surface area contributed by atoms with Crippen LogP contribution in [0.3, 0.4) is 0 Å². The van der Waals surface area contributed by atoms with Crippen LogP contribution in [0.4, 0.5) is 5.69 Å². The van der Waals surface area contributed by atoms with Crippen LogP contribution in [0.2, 0.25) is 0 Å². The van der Waals surface area contributed by atoms with Crippen LogP contribution in [-0.4, -0.2) is 31.0 Å². The number of carbonyl (C=O) groups is 2.